The third-order valence-corrected chi connectivity index (χ3v) is 11.4. The number of nitrogens with zero attached hydrogens (tertiary/aromatic N) is 8. The minimum atomic E-state index is -4.37. The molecule has 3 aromatic heterocycles. The lowest BCUT2D eigenvalue weighted by molar-refractivity contribution is -0.139. The minimum absolute atomic E-state index is 0.00423. The molecular weight excluding hydrogens is 727 g/mol. The van der Waals surface area contributed by atoms with Gasteiger partial charge in [0.1, 0.15) is 12.4 Å². The van der Waals surface area contributed by atoms with Crippen LogP contribution in [0, 0.1) is 5.92 Å². The molecule has 3 fully saturated rings. The maximum atomic E-state index is 13.6. The summed E-state index contributed by atoms with van der Waals surface area (Å²) in [6.45, 7) is 4.68. The number of alkyl halides is 3. The topological polar surface area (TPSA) is 127 Å². The number of amides is 5. The molecule has 5 aromatic rings. The second-order valence-electron chi connectivity index (χ2n) is 14.8. The highest BCUT2D eigenvalue weighted by Gasteiger charge is 2.45. The molecule has 2 aromatic carbocycles. The number of rotatable bonds is 7. The Morgan fingerprint density at radius 2 is 1.55 bits per heavy atom. The molecule has 0 radical (unpaired) electrons. The zero-order valence-corrected chi connectivity index (χ0v) is 30.3. The van der Waals surface area contributed by atoms with Crippen LogP contribution >= 0.6 is 0 Å². The van der Waals surface area contributed by atoms with Gasteiger partial charge in [-0.2, -0.15) is 18.2 Å². The van der Waals surface area contributed by atoms with Crippen LogP contribution in [-0.2, 0) is 11.3 Å². The van der Waals surface area contributed by atoms with E-state index in [1.165, 1.54) is 10.8 Å². The van der Waals surface area contributed by atoms with Crippen LogP contribution in [0.5, 0.6) is 0 Å². The Kier molecular flexibility index (Phi) is 8.86. The molecule has 288 valence electrons. The van der Waals surface area contributed by atoms with Gasteiger partial charge in [-0.1, -0.05) is 18.2 Å². The van der Waals surface area contributed by atoms with Crippen molar-refractivity contribution in [2.75, 3.05) is 62.2 Å². The number of anilines is 2. The molecule has 56 heavy (non-hydrogen) atoms. The highest BCUT2D eigenvalue weighted by Crippen LogP contribution is 2.37. The van der Waals surface area contributed by atoms with Crippen molar-refractivity contribution in [2.45, 2.75) is 32.0 Å². The first-order valence-electron chi connectivity index (χ1n) is 18.8. The van der Waals surface area contributed by atoms with Crippen LogP contribution in [0.15, 0.2) is 73.2 Å². The monoisotopic (exact) mass is 765 g/mol. The van der Waals surface area contributed by atoms with Crippen molar-refractivity contribution in [3.8, 4) is 11.1 Å². The number of hydrogen-bond donors (Lipinski definition) is 1. The van der Waals surface area contributed by atoms with E-state index in [1.807, 2.05) is 30.3 Å². The number of fused-ring (bicyclic) bond motifs is 4. The largest absolute Gasteiger partial charge is 0.406 e. The van der Waals surface area contributed by atoms with Crippen LogP contribution in [0.4, 0.5) is 29.5 Å². The molecule has 5 amide bonds. The van der Waals surface area contributed by atoms with Crippen LogP contribution in [-0.4, -0.2) is 112 Å². The number of aromatic nitrogens is 3. The third-order valence-electron chi connectivity index (χ3n) is 11.4. The molecule has 0 bridgehead atoms. The highest BCUT2D eigenvalue weighted by atomic mass is 19.4. The van der Waals surface area contributed by atoms with Gasteiger partial charge in [0.05, 0.1) is 34.4 Å². The van der Waals surface area contributed by atoms with Gasteiger partial charge in [-0.05, 0) is 60.7 Å². The number of hydrogen-bond acceptors (Lipinski definition) is 9. The fraction of sp³-hybridized carbons (Fsp3) is 0.350. The second-order valence-corrected chi connectivity index (χ2v) is 14.8. The maximum absolute atomic E-state index is 13.6. The van der Waals surface area contributed by atoms with Gasteiger partial charge in [0, 0.05) is 87.2 Å². The number of piperidine rings is 1. The number of halogens is 3. The van der Waals surface area contributed by atoms with Crippen molar-refractivity contribution in [3.63, 3.8) is 0 Å². The zero-order valence-electron chi connectivity index (χ0n) is 30.3. The fourth-order valence-corrected chi connectivity index (χ4v) is 8.58. The summed E-state index contributed by atoms with van der Waals surface area (Å²) in [4.78, 5) is 66.7. The predicted molar refractivity (Wildman–Crippen MR) is 202 cm³/mol. The average molecular weight is 766 g/mol. The molecule has 0 saturated carbocycles. The lowest BCUT2D eigenvalue weighted by atomic mass is 9.94. The minimum Gasteiger partial charge on any atom is -0.371 e. The normalized spacial score (nSPS) is 18.8. The fourth-order valence-electron chi connectivity index (χ4n) is 8.58. The lowest BCUT2D eigenvalue weighted by Crippen LogP contribution is -2.58. The van der Waals surface area contributed by atoms with Crippen LogP contribution in [0.2, 0.25) is 0 Å². The number of urea groups is 1. The Morgan fingerprint density at radius 1 is 0.768 bits per heavy atom. The molecule has 0 atom stereocenters. The van der Waals surface area contributed by atoms with E-state index in [4.69, 9.17) is 4.98 Å². The zero-order chi connectivity index (χ0) is 38.7. The lowest BCUT2D eigenvalue weighted by Gasteiger charge is -2.40. The van der Waals surface area contributed by atoms with Crippen LogP contribution in [0.3, 0.4) is 0 Å². The molecule has 1 N–H and O–H groups in total. The van der Waals surface area contributed by atoms with E-state index in [2.05, 4.69) is 25.0 Å². The first-order valence-corrected chi connectivity index (χ1v) is 18.8. The summed E-state index contributed by atoms with van der Waals surface area (Å²) in [6.07, 6.45) is 2.38. The summed E-state index contributed by atoms with van der Waals surface area (Å²) in [5, 5.41) is 5.46. The third kappa shape index (κ3) is 6.46. The number of benzene rings is 2. The SMILES string of the molecule is O=C1CCN(N2C(=O)c3cccc(N4CCC(CN5CCN(c6ccc(-c7ccc8c9cnccc9n(CC(F)(F)F)c8c7)cn6)CC5)CC4)c3C2=O)C(=O)N1. The average Bonchev–Trinajstić information content (AvgIpc) is 3.64. The Balaban J connectivity index is 0.802. The van der Waals surface area contributed by atoms with E-state index in [1.54, 1.807) is 36.7 Å². The first kappa shape index (κ1) is 35.7. The van der Waals surface area contributed by atoms with Crippen molar-refractivity contribution < 1.29 is 32.3 Å². The molecule has 7 heterocycles. The number of imide groups is 2. The summed E-state index contributed by atoms with van der Waals surface area (Å²) in [7, 11) is 0. The molecule has 16 heteroatoms. The number of hydrazine groups is 1. The standard InChI is InChI=1S/C40H38F3N9O4/c41-40(42,43)24-50-31-8-12-44-22-30(31)28-6-4-26(20-33(28)50)27-5-7-34(45-21-27)49-18-16-47(17-19-49)23-25-9-13-48(14-10-25)32-3-1-2-29-36(32)38(55)52(37(29)54)51-15-11-35(53)46-39(51)56/h1-8,12,20-22,25H,9-11,13-19,23-24H2,(H,46,53,56). The van der Waals surface area contributed by atoms with Gasteiger partial charge in [0.15, 0.2) is 0 Å². The maximum Gasteiger partial charge on any atom is 0.406 e. The van der Waals surface area contributed by atoms with Crippen LogP contribution < -0.4 is 15.1 Å². The number of carbonyl (C=O) groups is 4. The van der Waals surface area contributed by atoms with Crippen molar-refractivity contribution >= 4 is 57.1 Å². The quantitative estimate of drug-likeness (QED) is 0.220. The molecule has 4 aliphatic heterocycles. The van der Waals surface area contributed by atoms with E-state index in [0.717, 1.165) is 91.0 Å². The van der Waals surface area contributed by atoms with E-state index in [9.17, 15) is 32.3 Å². The molecule has 4 aliphatic rings. The number of pyridine rings is 2. The smallest absolute Gasteiger partial charge is 0.371 e. The van der Waals surface area contributed by atoms with Gasteiger partial charge in [-0.15, -0.1) is 0 Å². The predicted octanol–water partition coefficient (Wildman–Crippen LogP) is 5.31. The van der Waals surface area contributed by atoms with E-state index in [-0.39, 0.29) is 18.5 Å². The highest BCUT2D eigenvalue weighted by molar-refractivity contribution is 6.24. The summed E-state index contributed by atoms with van der Waals surface area (Å²) < 4.78 is 42.0. The Labute approximate surface area is 319 Å². The summed E-state index contributed by atoms with van der Waals surface area (Å²) in [6, 6.07) is 15.5. The molecule has 0 aliphatic carbocycles. The van der Waals surface area contributed by atoms with E-state index in [0.29, 0.717) is 33.6 Å². The molecule has 13 nitrogen and oxygen atoms in total. The second kappa shape index (κ2) is 13.9. The molecule has 0 unspecified atom stereocenters. The summed E-state index contributed by atoms with van der Waals surface area (Å²) >= 11 is 0. The Hall–Kier alpha value is -6.03. The van der Waals surface area contributed by atoms with Gasteiger partial charge in [-0.25, -0.2) is 14.8 Å². The molecule has 3 saturated heterocycles. The van der Waals surface area contributed by atoms with Gasteiger partial charge in [0.25, 0.3) is 11.8 Å². The molecular formula is C40H38F3N9O4. The van der Waals surface area contributed by atoms with Gasteiger partial charge < -0.3 is 14.4 Å². The Morgan fingerprint density at radius 3 is 2.29 bits per heavy atom. The Bertz CT molecular complexity index is 2380. The summed E-state index contributed by atoms with van der Waals surface area (Å²) in [5.41, 5.74) is 3.84. The first-order chi connectivity index (χ1) is 27.0. The van der Waals surface area contributed by atoms with Crippen LogP contribution in [0.25, 0.3) is 32.9 Å². The number of nitrogens with one attached hydrogen (secondary N) is 1. The van der Waals surface area contributed by atoms with Crippen molar-refractivity contribution in [1.29, 1.82) is 0 Å². The molecule has 0 spiro atoms. The van der Waals surface area contributed by atoms with Crippen molar-refractivity contribution in [1.82, 2.24) is 34.8 Å². The van der Waals surface area contributed by atoms with Crippen molar-refractivity contribution in [3.05, 3.63) is 84.3 Å². The van der Waals surface area contributed by atoms with E-state index < -0.39 is 36.5 Å². The summed E-state index contributed by atoms with van der Waals surface area (Å²) in [5.74, 6) is -0.242. The number of carbonyl (C=O) groups excluding carboxylic acids is 4. The molecule has 9 rings (SSSR count). The van der Waals surface area contributed by atoms with Crippen molar-refractivity contribution in [2.24, 2.45) is 5.92 Å². The number of piperazine rings is 1. The van der Waals surface area contributed by atoms with Gasteiger partial charge >= 0.3 is 12.2 Å². The van der Waals surface area contributed by atoms with Gasteiger partial charge in [0.2, 0.25) is 5.91 Å². The van der Waals surface area contributed by atoms with Gasteiger partial charge in [-0.3, -0.25) is 29.6 Å². The van der Waals surface area contributed by atoms with Crippen LogP contribution in [0.1, 0.15) is 40.0 Å². The van der Waals surface area contributed by atoms with E-state index >= 15 is 0 Å².